The van der Waals surface area contributed by atoms with Crippen molar-refractivity contribution in [2.45, 2.75) is 18.2 Å². The molecule has 0 aliphatic heterocycles. The minimum absolute atomic E-state index is 0.0522. The van der Waals surface area contributed by atoms with E-state index in [1.54, 1.807) is 48.5 Å². The number of amides is 2. The number of hydrogen-bond donors (Lipinski definition) is 2. The number of aryl methyl sites for hydroxylation is 1. The second-order valence-electron chi connectivity index (χ2n) is 9.54. The van der Waals surface area contributed by atoms with Crippen LogP contribution in [0, 0.1) is 6.92 Å². The molecule has 0 bridgehead atoms. The largest absolute Gasteiger partial charge is 0.484 e. The lowest BCUT2D eigenvalue weighted by atomic mass is 10.1. The Labute approximate surface area is 256 Å². The van der Waals surface area contributed by atoms with Crippen molar-refractivity contribution in [2.24, 2.45) is 5.10 Å². The highest BCUT2D eigenvalue weighted by Crippen LogP contribution is 2.25. The fraction of sp³-hybridized carbons (Fsp3) is 0.156. The first-order valence-corrected chi connectivity index (χ1v) is 15.2. The lowest BCUT2D eigenvalue weighted by molar-refractivity contribution is -0.123. The van der Waals surface area contributed by atoms with E-state index in [2.05, 4.69) is 15.8 Å². The Kier molecular flexibility index (Phi) is 10.9. The molecule has 43 heavy (non-hydrogen) atoms. The highest BCUT2D eigenvalue weighted by molar-refractivity contribution is 7.92. The summed E-state index contributed by atoms with van der Waals surface area (Å²) in [6.07, 6.45) is 2.15. The van der Waals surface area contributed by atoms with E-state index in [0.29, 0.717) is 22.9 Å². The maximum Gasteiger partial charge on any atom is 0.264 e. The van der Waals surface area contributed by atoms with Crippen molar-refractivity contribution in [1.82, 2.24) is 10.7 Å². The number of hydrogen-bond acceptors (Lipinski definition) is 6. The van der Waals surface area contributed by atoms with E-state index in [-0.39, 0.29) is 23.1 Å². The standard InChI is InChI=1S/C32H31ClN4O5S/c1-24-7-17-30(18-8-24)43(40,41)37(28-13-11-27(33)12-14-28)22-31(38)36-35-21-26-9-15-29(16-10-26)42-23-32(39)34-20-19-25-5-3-2-4-6-25/h2-18,21H,19-20,22-23H2,1H3,(H,34,39)(H,36,38)/b35-21-. The van der Waals surface area contributed by atoms with Gasteiger partial charge in [-0.05, 0) is 85.1 Å². The summed E-state index contributed by atoms with van der Waals surface area (Å²) < 4.78 is 33.4. The van der Waals surface area contributed by atoms with Gasteiger partial charge in [0.05, 0.1) is 16.8 Å². The number of nitrogens with zero attached hydrogens (tertiary/aromatic N) is 2. The number of benzene rings is 4. The molecule has 9 nitrogen and oxygen atoms in total. The summed E-state index contributed by atoms with van der Waals surface area (Å²) >= 11 is 5.98. The zero-order valence-corrected chi connectivity index (χ0v) is 25.0. The van der Waals surface area contributed by atoms with E-state index in [1.807, 2.05) is 37.3 Å². The minimum atomic E-state index is -4.06. The third-order valence-corrected chi connectivity index (χ3v) is 8.28. The molecule has 0 heterocycles. The minimum Gasteiger partial charge on any atom is -0.484 e. The molecule has 0 saturated heterocycles. The van der Waals surface area contributed by atoms with Gasteiger partial charge >= 0.3 is 0 Å². The van der Waals surface area contributed by atoms with E-state index in [0.717, 1.165) is 21.9 Å². The molecule has 4 aromatic carbocycles. The maximum atomic E-state index is 13.4. The van der Waals surface area contributed by atoms with Gasteiger partial charge in [0.1, 0.15) is 12.3 Å². The van der Waals surface area contributed by atoms with Crippen LogP contribution in [0.2, 0.25) is 5.02 Å². The summed E-state index contributed by atoms with van der Waals surface area (Å²) in [6.45, 7) is 1.75. The average Bonchev–Trinajstić information content (AvgIpc) is 3.01. The van der Waals surface area contributed by atoms with Crippen molar-refractivity contribution >= 4 is 45.3 Å². The zero-order valence-electron chi connectivity index (χ0n) is 23.4. The molecule has 11 heteroatoms. The van der Waals surface area contributed by atoms with Crippen LogP contribution in [0.1, 0.15) is 16.7 Å². The molecule has 0 radical (unpaired) electrons. The first kappa shape index (κ1) is 31.3. The van der Waals surface area contributed by atoms with Gasteiger partial charge < -0.3 is 10.1 Å². The van der Waals surface area contributed by atoms with Gasteiger partial charge in [-0.25, -0.2) is 13.8 Å². The summed E-state index contributed by atoms with van der Waals surface area (Å²) in [5.41, 5.74) is 5.36. The molecule has 222 valence electrons. The van der Waals surface area contributed by atoms with Crippen LogP contribution in [-0.2, 0) is 26.0 Å². The molecule has 0 unspecified atom stereocenters. The molecule has 2 amide bonds. The van der Waals surface area contributed by atoms with Gasteiger partial charge in [-0.15, -0.1) is 0 Å². The quantitative estimate of drug-likeness (QED) is 0.166. The molecule has 0 atom stereocenters. The number of rotatable bonds is 13. The number of carbonyl (C=O) groups is 2. The smallest absolute Gasteiger partial charge is 0.264 e. The summed E-state index contributed by atoms with van der Waals surface area (Å²) in [4.78, 5) is 24.9. The van der Waals surface area contributed by atoms with Crippen LogP contribution >= 0.6 is 11.6 Å². The van der Waals surface area contributed by atoms with Crippen molar-refractivity contribution in [2.75, 3.05) is 24.0 Å². The highest BCUT2D eigenvalue weighted by Gasteiger charge is 2.27. The van der Waals surface area contributed by atoms with Crippen molar-refractivity contribution in [3.8, 4) is 5.75 Å². The summed E-state index contributed by atoms with van der Waals surface area (Å²) in [6, 6.07) is 29.2. The fourth-order valence-corrected chi connectivity index (χ4v) is 5.49. The molecule has 0 saturated carbocycles. The Bertz CT molecular complexity index is 1650. The van der Waals surface area contributed by atoms with Crippen LogP contribution in [-0.4, -0.2) is 46.1 Å². The van der Waals surface area contributed by atoms with Crippen LogP contribution in [0.15, 0.2) is 113 Å². The number of hydrazone groups is 1. The van der Waals surface area contributed by atoms with Crippen molar-refractivity contribution in [3.05, 3.63) is 125 Å². The van der Waals surface area contributed by atoms with Crippen LogP contribution in [0.5, 0.6) is 5.75 Å². The van der Waals surface area contributed by atoms with E-state index in [1.165, 1.54) is 30.5 Å². The van der Waals surface area contributed by atoms with E-state index in [4.69, 9.17) is 16.3 Å². The third kappa shape index (κ3) is 9.42. The topological polar surface area (TPSA) is 117 Å². The number of nitrogens with one attached hydrogen (secondary N) is 2. The van der Waals surface area contributed by atoms with E-state index >= 15 is 0 Å². The normalized spacial score (nSPS) is 11.2. The lowest BCUT2D eigenvalue weighted by Gasteiger charge is -2.23. The highest BCUT2D eigenvalue weighted by atomic mass is 35.5. The first-order valence-electron chi connectivity index (χ1n) is 13.4. The summed E-state index contributed by atoms with van der Waals surface area (Å²) in [5.74, 6) is -0.360. The number of carbonyl (C=O) groups excluding carboxylic acids is 2. The van der Waals surface area contributed by atoms with Gasteiger partial charge in [0, 0.05) is 11.6 Å². The summed E-state index contributed by atoms with van der Waals surface area (Å²) in [7, 11) is -4.06. The molecule has 2 N–H and O–H groups in total. The number of sulfonamides is 1. The van der Waals surface area contributed by atoms with E-state index in [9.17, 15) is 18.0 Å². The molecule has 0 aliphatic rings. The van der Waals surface area contributed by atoms with Crippen molar-refractivity contribution in [1.29, 1.82) is 0 Å². The van der Waals surface area contributed by atoms with Gasteiger partial charge in [0.25, 0.3) is 21.8 Å². The number of halogens is 1. The number of anilines is 1. The van der Waals surface area contributed by atoms with Gasteiger partial charge in [0.15, 0.2) is 6.61 Å². The first-order chi connectivity index (χ1) is 20.7. The molecule has 4 rings (SSSR count). The fourth-order valence-electron chi connectivity index (χ4n) is 3.95. The lowest BCUT2D eigenvalue weighted by Crippen LogP contribution is -2.39. The monoisotopic (exact) mass is 618 g/mol. The van der Waals surface area contributed by atoms with Crippen molar-refractivity contribution < 1.29 is 22.7 Å². The molecule has 0 fully saturated rings. The Balaban J connectivity index is 1.29. The molecule has 0 aliphatic carbocycles. The second-order valence-corrected chi connectivity index (χ2v) is 11.8. The Hall–Kier alpha value is -4.67. The predicted octanol–water partition coefficient (Wildman–Crippen LogP) is 4.73. The van der Waals surface area contributed by atoms with Gasteiger partial charge in [-0.2, -0.15) is 5.10 Å². The van der Waals surface area contributed by atoms with Crippen LogP contribution in [0.4, 0.5) is 5.69 Å². The maximum absolute atomic E-state index is 13.4. The molecular weight excluding hydrogens is 588 g/mol. The number of ether oxygens (including phenoxy) is 1. The van der Waals surface area contributed by atoms with Gasteiger partial charge in [-0.3, -0.25) is 13.9 Å². The second kappa shape index (κ2) is 15.0. The third-order valence-electron chi connectivity index (χ3n) is 6.24. The summed E-state index contributed by atoms with van der Waals surface area (Å²) in [5, 5.41) is 7.22. The predicted molar refractivity (Wildman–Crippen MR) is 168 cm³/mol. The Morgan fingerprint density at radius 1 is 0.884 bits per heavy atom. The zero-order chi connectivity index (χ0) is 30.7. The van der Waals surface area contributed by atoms with Crippen molar-refractivity contribution in [3.63, 3.8) is 0 Å². The molecule has 0 spiro atoms. The van der Waals surface area contributed by atoms with Gasteiger partial charge in [-0.1, -0.05) is 59.6 Å². The molecule has 4 aromatic rings. The molecular formula is C32H31ClN4O5S. The Morgan fingerprint density at radius 3 is 2.23 bits per heavy atom. The molecule has 0 aromatic heterocycles. The average molecular weight is 619 g/mol. The van der Waals surface area contributed by atoms with Crippen LogP contribution in [0.3, 0.4) is 0 Å². The van der Waals surface area contributed by atoms with Crippen LogP contribution < -0.4 is 19.8 Å². The van der Waals surface area contributed by atoms with E-state index < -0.39 is 22.5 Å². The van der Waals surface area contributed by atoms with Gasteiger partial charge in [0.2, 0.25) is 0 Å². The SMILES string of the molecule is Cc1ccc(S(=O)(=O)N(CC(=O)N/N=C\c2ccc(OCC(=O)NCCc3ccccc3)cc2)c2ccc(Cl)cc2)cc1. The van der Waals surface area contributed by atoms with Crippen LogP contribution in [0.25, 0.3) is 0 Å². The Morgan fingerprint density at radius 2 is 1.56 bits per heavy atom.